The third-order valence-corrected chi connectivity index (χ3v) is 4.83. The fourth-order valence-corrected chi connectivity index (χ4v) is 3.56. The molecule has 1 N–H and O–H groups in total. The molecule has 0 radical (unpaired) electrons. The number of carbonyl (C=O) groups is 1. The number of fused-ring (bicyclic) bond motifs is 1. The normalized spacial score (nSPS) is 16.4. The van der Waals surface area contributed by atoms with E-state index in [9.17, 15) is 9.59 Å². The number of H-pyrrole nitrogens is 1. The minimum atomic E-state index is -0.373. The first-order valence-corrected chi connectivity index (χ1v) is 9.05. The molecule has 0 fully saturated rings. The molecule has 0 aliphatic carbocycles. The molecule has 1 amide bonds. The van der Waals surface area contributed by atoms with Gasteiger partial charge in [-0.1, -0.05) is 44.2 Å². The second-order valence-corrected chi connectivity index (χ2v) is 6.98. The molecule has 1 atom stereocenters. The molecule has 0 saturated heterocycles. The summed E-state index contributed by atoms with van der Waals surface area (Å²) in [6.45, 7) is 5.13. The molecular weight excluding hydrogens is 342 g/mol. The summed E-state index contributed by atoms with van der Waals surface area (Å²) in [5.41, 5.74) is 0.723. The van der Waals surface area contributed by atoms with Crippen LogP contribution < -0.4 is 5.56 Å². The zero-order valence-electron chi connectivity index (χ0n) is 15.3. The molecule has 7 heteroatoms. The largest absolute Gasteiger partial charge is 0.328 e. The molecule has 138 valence electrons. The first-order chi connectivity index (χ1) is 13.1. The molecule has 0 unspecified atom stereocenters. The lowest BCUT2D eigenvalue weighted by Crippen LogP contribution is -2.46. The van der Waals surface area contributed by atoms with Crippen LogP contribution in [0.4, 0.5) is 0 Å². The highest BCUT2D eigenvalue weighted by molar-refractivity contribution is 5.94. The molecule has 1 aromatic carbocycles. The zero-order chi connectivity index (χ0) is 19.0. The number of aromatic amines is 1. The maximum atomic E-state index is 13.1. The van der Waals surface area contributed by atoms with E-state index in [4.69, 9.17) is 4.98 Å². The summed E-state index contributed by atoms with van der Waals surface area (Å²) in [7, 11) is 0. The van der Waals surface area contributed by atoms with E-state index in [1.807, 2.05) is 48.9 Å². The smallest absolute Gasteiger partial charge is 0.260 e. The average molecular weight is 363 g/mol. The Bertz CT molecular complexity index is 1020. The van der Waals surface area contributed by atoms with Gasteiger partial charge in [-0.3, -0.25) is 9.59 Å². The lowest BCUT2D eigenvalue weighted by molar-refractivity contribution is 0.0535. The van der Waals surface area contributed by atoms with Crippen molar-refractivity contribution in [3.63, 3.8) is 0 Å². The predicted octanol–water partition coefficient (Wildman–Crippen LogP) is 2.49. The van der Waals surface area contributed by atoms with Crippen molar-refractivity contribution in [2.75, 3.05) is 6.54 Å². The maximum Gasteiger partial charge on any atom is 0.260 e. The molecule has 4 rings (SSSR count). The summed E-state index contributed by atoms with van der Waals surface area (Å²) in [6.07, 6.45) is 1.53. The van der Waals surface area contributed by atoms with Crippen LogP contribution in [0.5, 0.6) is 0 Å². The number of aromatic nitrogens is 4. The van der Waals surface area contributed by atoms with Gasteiger partial charge in [0.15, 0.2) is 11.6 Å². The molecule has 3 aromatic rings. The fraction of sp³-hybridized carbons (Fsp3) is 0.300. The van der Waals surface area contributed by atoms with Gasteiger partial charge in [0, 0.05) is 18.3 Å². The van der Waals surface area contributed by atoms with Crippen LogP contribution in [0.15, 0.2) is 53.5 Å². The van der Waals surface area contributed by atoms with Crippen molar-refractivity contribution in [2.24, 2.45) is 5.92 Å². The Morgan fingerprint density at radius 1 is 1.15 bits per heavy atom. The monoisotopic (exact) mass is 363 g/mol. The highest BCUT2D eigenvalue weighted by Crippen LogP contribution is 2.33. The van der Waals surface area contributed by atoms with Gasteiger partial charge in [0.25, 0.3) is 11.5 Å². The minimum Gasteiger partial charge on any atom is -0.328 e. The molecule has 0 bridgehead atoms. The predicted molar refractivity (Wildman–Crippen MR) is 101 cm³/mol. The highest BCUT2D eigenvalue weighted by atomic mass is 16.2. The van der Waals surface area contributed by atoms with E-state index in [1.165, 1.54) is 6.20 Å². The van der Waals surface area contributed by atoms with E-state index < -0.39 is 0 Å². The third kappa shape index (κ3) is 3.05. The number of pyridine rings is 1. The first kappa shape index (κ1) is 17.2. The number of rotatable bonds is 3. The van der Waals surface area contributed by atoms with Crippen molar-refractivity contribution in [1.82, 2.24) is 24.6 Å². The molecule has 27 heavy (non-hydrogen) atoms. The second-order valence-electron chi connectivity index (χ2n) is 6.98. The van der Waals surface area contributed by atoms with Gasteiger partial charge in [0.05, 0.1) is 12.6 Å². The van der Waals surface area contributed by atoms with E-state index in [2.05, 4.69) is 10.1 Å². The van der Waals surface area contributed by atoms with E-state index in [0.717, 1.165) is 11.4 Å². The summed E-state index contributed by atoms with van der Waals surface area (Å²) in [5.74, 6) is 1.27. The second kappa shape index (κ2) is 6.83. The van der Waals surface area contributed by atoms with Crippen LogP contribution in [0.3, 0.4) is 0 Å². The van der Waals surface area contributed by atoms with Gasteiger partial charge in [-0.2, -0.15) is 5.10 Å². The summed E-state index contributed by atoms with van der Waals surface area (Å²) < 4.78 is 1.88. The lowest BCUT2D eigenvalue weighted by Gasteiger charge is -2.37. The van der Waals surface area contributed by atoms with Gasteiger partial charge in [-0.15, -0.1) is 0 Å². The van der Waals surface area contributed by atoms with Crippen molar-refractivity contribution in [3.05, 3.63) is 70.4 Å². The van der Waals surface area contributed by atoms with E-state index >= 15 is 0 Å². The number of nitrogens with zero attached hydrogens (tertiary/aromatic N) is 4. The lowest BCUT2D eigenvalue weighted by atomic mass is 9.99. The minimum absolute atomic E-state index is 0.128. The topological polar surface area (TPSA) is 83.9 Å². The SMILES string of the molecule is CC(C)[C@H]1c2nc(-c3ccccc3)nn2CCN1C(=O)c1ccc[nH]c1=O. The maximum absolute atomic E-state index is 13.1. The number of nitrogens with one attached hydrogen (secondary N) is 1. The van der Waals surface area contributed by atoms with Crippen LogP contribution in [0, 0.1) is 5.92 Å². The molecule has 3 heterocycles. The number of carbonyl (C=O) groups excluding carboxylic acids is 1. The Hall–Kier alpha value is -3.22. The molecule has 1 aliphatic rings. The molecular formula is C20H21N5O2. The zero-order valence-corrected chi connectivity index (χ0v) is 15.3. The van der Waals surface area contributed by atoms with Gasteiger partial charge in [0.1, 0.15) is 5.56 Å². The standard InChI is InChI=1S/C20H21N5O2/c1-13(2)16-18-22-17(14-7-4-3-5-8-14)23-25(18)12-11-24(16)20(27)15-9-6-10-21-19(15)26/h3-10,13,16H,11-12H2,1-2H3,(H,21,26)/t16-/m0/s1. The first-order valence-electron chi connectivity index (χ1n) is 9.05. The highest BCUT2D eigenvalue weighted by Gasteiger charge is 2.36. The van der Waals surface area contributed by atoms with Crippen molar-refractivity contribution < 1.29 is 4.79 Å². The average Bonchev–Trinajstić information content (AvgIpc) is 3.12. The van der Waals surface area contributed by atoms with Gasteiger partial charge in [0.2, 0.25) is 0 Å². The van der Waals surface area contributed by atoms with Crippen molar-refractivity contribution in [1.29, 1.82) is 0 Å². The number of amides is 1. The van der Waals surface area contributed by atoms with Crippen LogP contribution in [0.25, 0.3) is 11.4 Å². The van der Waals surface area contributed by atoms with Gasteiger partial charge < -0.3 is 9.88 Å². The van der Waals surface area contributed by atoms with E-state index in [-0.39, 0.29) is 29.0 Å². The molecule has 0 saturated carbocycles. The van der Waals surface area contributed by atoms with Gasteiger partial charge in [-0.25, -0.2) is 9.67 Å². The van der Waals surface area contributed by atoms with Crippen molar-refractivity contribution in [2.45, 2.75) is 26.4 Å². The van der Waals surface area contributed by atoms with Crippen LogP contribution in [-0.2, 0) is 6.54 Å². The summed E-state index contributed by atoms with van der Waals surface area (Å²) in [4.78, 5) is 34.2. The molecule has 7 nitrogen and oxygen atoms in total. The Morgan fingerprint density at radius 3 is 2.63 bits per heavy atom. The fourth-order valence-electron chi connectivity index (χ4n) is 3.56. The van der Waals surface area contributed by atoms with E-state index in [0.29, 0.717) is 18.9 Å². The molecule has 1 aliphatic heterocycles. The number of hydrogen-bond donors (Lipinski definition) is 1. The van der Waals surface area contributed by atoms with Crippen molar-refractivity contribution in [3.8, 4) is 11.4 Å². The van der Waals surface area contributed by atoms with Gasteiger partial charge >= 0.3 is 0 Å². The Labute approximate surface area is 156 Å². The van der Waals surface area contributed by atoms with Gasteiger partial charge in [-0.05, 0) is 18.1 Å². The van der Waals surface area contributed by atoms with E-state index in [1.54, 1.807) is 17.0 Å². The van der Waals surface area contributed by atoms with Crippen LogP contribution in [0.2, 0.25) is 0 Å². The molecule has 2 aromatic heterocycles. The Morgan fingerprint density at radius 2 is 1.93 bits per heavy atom. The number of hydrogen-bond acceptors (Lipinski definition) is 4. The summed E-state index contributed by atoms with van der Waals surface area (Å²) in [6, 6.07) is 12.8. The Balaban J connectivity index is 1.74. The summed E-state index contributed by atoms with van der Waals surface area (Å²) >= 11 is 0. The van der Waals surface area contributed by atoms with Crippen LogP contribution in [0.1, 0.15) is 36.1 Å². The van der Waals surface area contributed by atoms with Crippen LogP contribution in [-0.4, -0.2) is 37.1 Å². The number of benzene rings is 1. The Kier molecular flexibility index (Phi) is 4.35. The molecule has 0 spiro atoms. The third-order valence-electron chi connectivity index (χ3n) is 4.83. The quantitative estimate of drug-likeness (QED) is 0.775. The van der Waals surface area contributed by atoms with Crippen molar-refractivity contribution >= 4 is 5.91 Å². The van der Waals surface area contributed by atoms with Crippen LogP contribution >= 0.6 is 0 Å². The summed E-state index contributed by atoms with van der Waals surface area (Å²) in [5, 5.41) is 4.64.